The molecule has 6 nitrogen and oxygen atoms in total. The molecule has 1 saturated carbocycles. The van der Waals surface area contributed by atoms with Gasteiger partial charge in [-0.2, -0.15) is 0 Å². The van der Waals surface area contributed by atoms with Crippen LogP contribution in [0.3, 0.4) is 0 Å². The van der Waals surface area contributed by atoms with Gasteiger partial charge < -0.3 is 19.8 Å². The third kappa shape index (κ3) is 4.89. The summed E-state index contributed by atoms with van der Waals surface area (Å²) in [5.74, 6) is 0.447. The minimum atomic E-state index is -0.365. The minimum Gasteiger partial charge on any atom is -0.490 e. The monoisotopic (exact) mass is 404 g/mol. The van der Waals surface area contributed by atoms with Crippen molar-refractivity contribution >= 4 is 17.5 Å². The normalized spacial score (nSPS) is 13.7. The van der Waals surface area contributed by atoms with Crippen LogP contribution in [0.15, 0.2) is 71.3 Å². The van der Waals surface area contributed by atoms with Gasteiger partial charge in [0, 0.05) is 23.4 Å². The van der Waals surface area contributed by atoms with Gasteiger partial charge in [-0.25, -0.2) is 0 Å². The standard InChI is InChI=1S/C24H24N2O4/c27-23(17-8-5-9-19(15-17)26-24(28)22-13-6-14-29-22)25-16-18-7-1-4-12-21(18)30-20-10-2-3-11-20/h1,4-9,12-15,20H,2-3,10-11,16H2,(H,25,27)(H,26,28). The molecule has 30 heavy (non-hydrogen) atoms. The maximum absolute atomic E-state index is 12.7. The van der Waals surface area contributed by atoms with E-state index in [1.54, 1.807) is 36.4 Å². The van der Waals surface area contributed by atoms with Gasteiger partial charge in [0.2, 0.25) is 0 Å². The summed E-state index contributed by atoms with van der Waals surface area (Å²) in [6, 6.07) is 17.8. The molecule has 2 N–H and O–H groups in total. The summed E-state index contributed by atoms with van der Waals surface area (Å²) in [6.07, 6.45) is 6.27. The van der Waals surface area contributed by atoms with E-state index in [9.17, 15) is 9.59 Å². The fraction of sp³-hybridized carbons (Fsp3) is 0.250. The first-order chi connectivity index (χ1) is 14.7. The second kappa shape index (κ2) is 9.31. The average molecular weight is 404 g/mol. The maximum Gasteiger partial charge on any atom is 0.291 e. The summed E-state index contributed by atoms with van der Waals surface area (Å²) in [5, 5.41) is 5.67. The Kier molecular flexibility index (Phi) is 6.13. The van der Waals surface area contributed by atoms with E-state index < -0.39 is 0 Å². The van der Waals surface area contributed by atoms with Crippen LogP contribution in [-0.2, 0) is 6.54 Å². The quantitative estimate of drug-likeness (QED) is 0.594. The molecule has 1 aromatic heterocycles. The third-order valence-corrected chi connectivity index (χ3v) is 5.14. The summed E-state index contributed by atoms with van der Waals surface area (Å²) < 4.78 is 11.2. The van der Waals surface area contributed by atoms with E-state index in [1.807, 2.05) is 24.3 Å². The molecule has 3 aromatic rings. The number of carbonyl (C=O) groups is 2. The first kappa shape index (κ1) is 19.8. The van der Waals surface area contributed by atoms with Gasteiger partial charge in [0.05, 0.1) is 12.4 Å². The van der Waals surface area contributed by atoms with Crippen LogP contribution in [0.25, 0.3) is 0 Å². The molecule has 1 aliphatic rings. The average Bonchev–Trinajstić information content (AvgIpc) is 3.47. The molecule has 1 heterocycles. The Morgan fingerprint density at radius 1 is 0.967 bits per heavy atom. The van der Waals surface area contributed by atoms with Gasteiger partial charge in [-0.1, -0.05) is 24.3 Å². The van der Waals surface area contributed by atoms with Crippen LogP contribution < -0.4 is 15.4 Å². The molecule has 2 aromatic carbocycles. The zero-order chi connectivity index (χ0) is 20.8. The number of furan rings is 1. The predicted octanol–water partition coefficient (Wildman–Crippen LogP) is 4.78. The van der Waals surface area contributed by atoms with Crippen molar-refractivity contribution in [2.24, 2.45) is 0 Å². The molecule has 0 radical (unpaired) electrons. The van der Waals surface area contributed by atoms with Gasteiger partial charge in [0.1, 0.15) is 5.75 Å². The van der Waals surface area contributed by atoms with Crippen molar-refractivity contribution in [3.63, 3.8) is 0 Å². The fourth-order valence-electron chi connectivity index (χ4n) is 3.57. The van der Waals surface area contributed by atoms with Crippen molar-refractivity contribution in [3.05, 3.63) is 83.8 Å². The Hall–Kier alpha value is -3.54. The topological polar surface area (TPSA) is 80.6 Å². The highest BCUT2D eigenvalue weighted by Gasteiger charge is 2.18. The molecule has 1 fully saturated rings. The van der Waals surface area contributed by atoms with Crippen molar-refractivity contribution in [1.29, 1.82) is 0 Å². The number of anilines is 1. The summed E-state index contributed by atoms with van der Waals surface area (Å²) in [4.78, 5) is 24.8. The Balaban J connectivity index is 1.38. The van der Waals surface area contributed by atoms with Crippen LogP contribution in [0.1, 0.15) is 52.2 Å². The number of para-hydroxylation sites is 1. The van der Waals surface area contributed by atoms with Crippen molar-refractivity contribution in [3.8, 4) is 5.75 Å². The lowest BCUT2D eigenvalue weighted by Crippen LogP contribution is -2.24. The van der Waals surface area contributed by atoms with Crippen LogP contribution >= 0.6 is 0 Å². The predicted molar refractivity (Wildman–Crippen MR) is 114 cm³/mol. The van der Waals surface area contributed by atoms with E-state index >= 15 is 0 Å². The van der Waals surface area contributed by atoms with Gasteiger partial charge in [-0.3, -0.25) is 9.59 Å². The van der Waals surface area contributed by atoms with Crippen molar-refractivity contribution in [2.45, 2.75) is 38.3 Å². The van der Waals surface area contributed by atoms with E-state index in [0.29, 0.717) is 17.8 Å². The summed E-state index contributed by atoms with van der Waals surface area (Å²) in [6.45, 7) is 0.366. The SMILES string of the molecule is O=C(NCc1ccccc1OC1CCCC1)c1cccc(NC(=O)c2ccco2)c1. The summed E-state index contributed by atoms with van der Waals surface area (Å²) in [5.41, 5.74) is 1.93. The van der Waals surface area contributed by atoms with E-state index in [1.165, 1.54) is 19.1 Å². The number of carbonyl (C=O) groups excluding carboxylic acids is 2. The van der Waals surface area contributed by atoms with E-state index in [0.717, 1.165) is 24.2 Å². The number of hydrogen-bond acceptors (Lipinski definition) is 4. The minimum absolute atomic E-state index is 0.212. The lowest BCUT2D eigenvalue weighted by Gasteiger charge is -2.17. The zero-order valence-corrected chi connectivity index (χ0v) is 16.6. The number of nitrogens with one attached hydrogen (secondary N) is 2. The highest BCUT2D eigenvalue weighted by atomic mass is 16.5. The molecule has 0 aliphatic heterocycles. The molecular weight excluding hydrogens is 380 g/mol. The maximum atomic E-state index is 12.7. The molecule has 2 amide bonds. The molecule has 4 rings (SSSR count). The highest BCUT2D eigenvalue weighted by Crippen LogP contribution is 2.26. The second-order valence-electron chi connectivity index (χ2n) is 7.33. The van der Waals surface area contributed by atoms with Gasteiger partial charge in [-0.15, -0.1) is 0 Å². The molecular formula is C24H24N2O4. The van der Waals surface area contributed by atoms with Crippen LogP contribution in [0.5, 0.6) is 5.75 Å². The zero-order valence-electron chi connectivity index (χ0n) is 16.6. The number of benzene rings is 2. The molecule has 1 aliphatic carbocycles. The lowest BCUT2D eigenvalue weighted by atomic mass is 10.1. The molecule has 0 unspecified atom stereocenters. The summed E-state index contributed by atoms with van der Waals surface area (Å²) in [7, 11) is 0. The molecule has 0 atom stereocenters. The van der Waals surface area contributed by atoms with Gasteiger partial charge in [0.25, 0.3) is 11.8 Å². The largest absolute Gasteiger partial charge is 0.490 e. The molecule has 0 saturated heterocycles. The smallest absolute Gasteiger partial charge is 0.291 e. The first-order valence-electron chi connectivity index (χ1n) is 10.2. The first-order valence-corrected chi connectivity index (χ1v) is 10.2. The van der Waals surface area contributed by atoms with Crippen molar-refractivity contribution < 1.29 is 18.7 Å². The summed E-state index contributed by atoms with van der Waals surface area (Å²) >= 11 is 0. The lowest BCUT2D eigenvalue weighted by molar-refractivity contribution is 0.0948. The van der Waals surface area contributed by atoms with Crippen LogP contribution in [0, 0.1) is 0 Å². The Bertz CT molecular complexity index is 1010. The number of ether oxygens (including phenoxy) is 1. The van der Waals surface area contributed by atoms with Crippen molar-refractivity contribution in [1.82, 2.24) is 5.32 Å². The van der Waals surface area contributed by atoms with Crippen LogP contribution in [0.2, 0.25) is 0 Å². The molecule has 6 heteroatoms. The van der Waals surface area contributed by atoms with E-state index in [-0.39, 0.29) is 23.7 Å². The molecule has 154 valence electrons. The Morgan fingerprint density at radius 2 is 1.80 bits per heavy atom. The number of rotatable bonds is 7. The number of amides is 2. The van der Waals surface area contributed by atoms with Crippen LogP contribution in [-0.4, -0.2) is 17.9 Å². The Labute approximate surface area is 175 Å². The third-order valence-electron chi connectivity index (χ3n) is 5.14. The second-order valence-corrected chi connectivity index (χ2v) is 7.33. The highest BCUT2D eigenvalue weighted by molar-refractivity contribution is 6.03. The number of hydrogen-bond donors (Lipinski definition) is 2. The van der Waals surface area contributed by atoms with Crippen LogP contribution in [0.4, 0.5) is 5.69 Å². The van der Waals surface area contributed by atoms with Gasteiger partial charge >= 0.3 is 0 Å². The molecule has 0 spiro atoms. The van der Waals surface area contributed by atoms with Gasteiger partial charge in [0.15, 0.2) is 5.76 Å². The van der Waals surface area contributed by atoms with E-state index in [2.05, 4.69) is 10.6 Å². The molecule has 0 bridgehead atoms. The van der Waals surface area contributed by atoms with Crippen molar-refractivity contribution in [2.75, 3.05) is 5.32 Å². The van der Waals surface area contributed by atoms with Gasteiger partial charge in [-0.05, 0) is 62.1 Å². The Morgan fingerprint density at radius 3 is 2.60 bits per heavy atom. The fourth-order valence-corrected chi connectivity index (χ4v) is 3.57. The van der Waals surface area contributed by atoms with E-state index in [4.69, 9.17) is 9.15 Å².